The van der Waals surface area contributed by atoms with E-state index in [4.69, 9.17) is 0 Å². The summed E-state index contributed by atoms with van der Waals surface area (Å²) in [5.41, 5.74) is 1.31. The van der Waals surface area contributed by atoms with Crippen LogP contribution in [0.5, 0.6) is 0 Å². The predicted molar refractivity (Wildman–Crippen MR) is 84.6 cm³/mol. The molecule has 1 aromatic heterocycles. The highest BCUT2D eigenvalue weighted by Gasteiger charge is 2.18. The Labute approximate surface area is 121 Å². The Hall–Kier alpha value is -1.41. The summed E-state index contributed by atoms with van der Waals surface area (Å²) in [5, 5.41) is 6.20. The minimum absolute atomic E-state index is 0.863. The zero-order chi connectivity index (χ0) is 13.8. The van der Waals surface area contributed by atoms with Gasteiger partial charge in [0.25, 0.3) is 0 Å². The van der Waals surface area contributed by atoms with Crippen molar-refractivity contribution >= 4 is 10.8 Å². The van der Waals surface area contributed by atoms with E-state index in [9.17, 15) is 0 Å². The van der Waals surface area contributed by atoms with Crippen molar-refractivity contribution in [1.29, 1.82) is 0 Å². The minimum Gasteiger partial charge on any atom is -0.312 e. The zero-order valence-corrected chi connectivity index (χ0v) is 12.3. The molecule has 0 radical (unpaired) electrons. The van der Waals surface area contributed by atoms with E-state index < -0.39 is 0 Å². The van der Waals surface area contributed by atoms with Gasteiger partial charge in [0.1, 0.15) is 0 Å². The van der Waals surface area contributed by atoms with Crippen molar-refractivity contribution in [3.8, 4) is 0 Å². The number of hydrogen-bond donors (Lipinski definition) is 1. The molecule has 0 bridgehead atoms. The molecule has 106 valence electrons. The third-order valence-electron chi connectivity index (χ3n) is 4.54. The van der Waals surface area contributed by atoms with Crippen LogP contribution in [0.1, 0.15) is 38.2 Å². The van der Waals surface area contributed by atoms with Crippen molar-refractivity contribution in [3.05, 3.63) is 42.2 Å². The molecular weight excluding hydrogens is 244 g/mol. The maximum atomic E-state index is 4.35. The molecule has 0 saturated heterocycles. The lowest BCUT2D eigenvalue weighted by atomic mass is 9.82. The Bertz CT molecular complexity index is 559. The number of nitrogens with one attached hydrogen (secondary N) is 1. The van der Waals surface area contributed by atoms with Crippen LogP contribution in [0.2, 0.25) is 0 Å². The predicted octanol–water partition coefficient (Wildman–Crippen LogP) is 4.15. The third-order valence-corrected chi connectivity index (χ3v) is 4.54. The molecule has 2 unspecified atom stereocenters. The van der Waals surface area contributed by atoms with Crippen molar-refractivity contribution in [1.82, 2.24) is 10.3 Å². The number of hydrogen-bond acceptors (Lipinski definition) is 2. The molecule has 1 N–H and O–H groups in total. The molecule has 2 aromatic rings. The van der Waals surface area contributed by atoms with Gasteiger partial charge in [-0.3, -0.25) is 4.98 Å². The fourth-order valence-corrected chi connectivity index (χ4v) is 3.48. The second-order valence-electron chi connectivity index (χ2n) is 6.29. The van der Waals surface area contributed by atoms with E-state index in [1.807, 2.05) is 12.4 Å². The molecule has 2 heteroatoms. The Balaban J connectivity index is 1.60. The zero-order valence-electron chi connectivity index (χ0n) is 12.3. The Morgan fingerprint density at radius 1 is 1.20 bits per heavy atom. The number of pyridine rings is 1. The first-order valence-electron chi connectivity index (χ1n) is 7.85. The average Bonchev–Trinajstić information content (AvgIpc) is 2.48. The van der Waals surface area contributed by atoms with Crippen LogP contribution in [0.4, 0.5) is 0 Å². The van der Waals surface area contributed by atoms with Gasteiger partial charge in [0.05, 0.1) is 0 Å². The second-order valence-corrected chi connectivity index (χ2v) is 6.29. The largest absolute Gasteiger partial charge is 0.312 e. The first-order chi connectivity index (χ1) is 9.83. The lowest BCUT2D eigenvalue weighted by Crippen LogP contribution is -2.26. The van der Waals surface area contributed by atoms with Gasteiger partial charge in [0.2, 0.25) is 0 Å². The summed E-state index contributed by atoms with van der Waals surface area (Å²) in [6.07, 6.45) is 9.56. The van der Waals surface area contributed by atoms with E-state index in [0.29, 0.717) is 0 Å². The molecule has 2 nitrogen and oxygen atoms in total. The van der Waals surface area contributed by atoms with Gasteiger partial charge >= 0.3 is 0 Å². The normalized spacial score (nSPS) is 23.1. The Morgan fingerprint density at radius 2 is 2.10 bits per heavy atom. The number of fused-ring (bicyclic) bond motifs is 1. The van der Waals surface area contributed by atoms with Crippen molar-refractivity contribution in [2.24, 2.45) is 11.8 Å². The summed E-state index contributed by atoms with van der Waals surface area (Å²) in [6, 6.07) is 8.50. The summed E-state index contributed by atoms with van der Waals surface area (Å²) >= 11 is 0. The van der Waals surface area contributed by atoms with Gasteiger partial charge in [-0.1, -0.05) is 44.0 Å². The molecule has 1 aliphatic carbocycles. The maximum Gasteiger partial charge on any atom is 0.0346 e. The Morgan fingerprint density at radius 3 is 3.00 bits per heavy atom. The van der Waals surface area contributed by atoms with Crippen LogP contribution in [0.25, 0.3) is 10.8 Å². The van der Waals surface area contributed by atoms with Crippen molar-refractivity contribution < 1.29 is 0 Å². The second kappa shape index (κ2) is 6.36. The summed E-state index contributed by atoms with van der Waals surface area (Å²) in [4.78, 5) is 4.35. The van der Waals surface area contributed by atoms with Crippen LogP contribution in [-0.4, -0.2) is 11.5 Å². The van der Waals surface area contributed by atoms with Gasteiger partial charge in [0, 0.05) is 24.3 Å². The van der Waals surface area contributed by atoms with Gasteiger partial charge in [-0.25, -0.2) is 0 Å². The SMILES string of the molecule is CC1CCCC(CNCc2cncc3ccccc23)C1. The van der Waals surface area contributed by atoms with Gasteiger partial charge in [-0.05, 0) is 42.2 Å². The van der Waals surface area contributed by atoms with Gasteiger partial charge in [-0.15, -0.1) is 0 Å². The van der Waals surface area contributed by atoms with Gasteiger partial charge in [-0.2, -0.15) is 0 Å². The van der Waals surface area contributed by atoms with Crippen molar-refractivity contribution in [2.45, 2.75) is 39.2 Å². The quantitative estimate of drug-likeness (QED) is 0.901. The minimum atomic E-state index is 0.863. The van der Waals surface area contributed by atoms with Crippen molar-refractivity contribution in [2.75, 3.05) is 6.54 Å². The first-order valence-corrected chi connectivity index (χ1v) is 7.85. The molecule has 0 aliphatic heterocycles. The Kier molecular flexibility index (Phi) is 4.31. The van der Waals surface area contributed by atoms with Crippen LogP contribution in [0, 0.1) is 11.8 Å². The number of rotatable bonds is 4. The first kappa shape index (κ1) is 13.6. The number of aromatic nitrogens is 1. The fourth-order valence-electron chi connectivity index (χ4n) is 3.48. The van der Waals surface area contributed by atoms with E-state index in [1.54, 1.807) is 0 Å². The topological polar surface area (TPSA) is 24.9 Å². The van der Waals surface area contributed by atoms with Crippen LogP contribution < -0.4 is 5.32 Å². The molecule has 1 aromatic carbocycles. The monoisotopic (exact) mass is 268 g/mol. The number of benzene rings is 1. The highest BCUT2D eigenvalue weighted by molar-refractivity contribution is 5.84. The molecule has 3 rings (SSSR count). The van der Waals surface area contributed by atoms with E-state index in [0.717, 1.165) is 24.9 Å². The highest BCUT2D eigenvalue weighted by Crippen LogP contribution is 2.28. The molecule has 2 atom stereocenters. The van der Waals surface area contributed by atoms with E-state index in [2.05, 4.69) is 41.5 Å². The molecular formula is C18H24N2. The van der Waals surface area contributed by atoms with Gasteiger partial charge < -0.3 is 5.32 Å². The summed E-state index contributed by atoms with van der Waals surface area (Å²) in [6.45, 7) is 4.47. The van der Waals surface area contributed by atoms with E-state index in [1.165, 1.54) is 42.0 Å². The molecule has 1 aliphatic rings. The fraction of sp³-hybridized carbons (Fsp3) is 0.500. The lowest BCUT2D eigenvalue weighted by Gasteiger charge is -2.26. The molecule has 1 saturated carbocycles. The molecule has 0 spiro atoms. The van der Waals surface area contributed by atoms with E-state index >= 15 is 0 Å². The van der Waals surface area contributed by atoms with E-state index in [-0.39, 0.29) is 0 Å². The summed E-state index contributed by atoms with van der Waals surface area (Å²) in [5.74, 6) is 1.77. The molecule has 1 fully saturated rings. The molecule has 0 amide bonds. The van der Waals surface area contributed by atoms with Crippen LogP contribution in [0.3, 0.4) is 0 Å². The smallest absolute Gasteiger partial charge is 0.0346 e. The van der Waals surface area contributed by atoms with Gasteiger partial charge in [0.15, 0.2) is 0 Å². The van der Waals surface area contributed by atoms with Crippen molar-refractivity contribution in [3.63, 3.8) is 0 Å². The van der Waals surface area contributed by atoms with Crippen LogP contribution >= 0.6 is 0 Å². The summed E-state index contributed by atoms with van der Waals surface area (Å²) < 4.78 is 0. The number of nitrogens with zero attached hydrogens (tertiary/aromatic N) is 1. The van der Waals surface area contributed by atoms with Crippen LogP contribution in [0.15, 0.2) is 36.7 Å². The molecule has 1 heterocycles. The third kappa shape index (κ3) is 3.18. The standard InChI is InChI=1S/C18H24N2/c1-14-5-4-6-15(9-14)10-19-12-17-13-20-11-16-7-2-3-8-18(16)17/h2-3,7-8,11,13-15,19H,4-6,9-10,12H2,1H3. The average molecular weight is 268 g/mol. The lowest BCUT2D eigenvalue weighted by molar-refractivity contribution is 0.274. The summed E-state index contributed by atoms with van der Waals surface area (Å²) in [7, 11) is 0. The van der Waals surface area contributed by atoms with Crippen LogP contribution in [-0.2, 0) is 6.54 Å². The maximum absolute atomic E-state index is 4.35. The molecule has 20 heavy (non-hydrogen) atoms. The highest BCUT2D eigenvalue weighted by atomic mass is 14.9.